The highest BCUT2D eigenvalue weighted by Gasteiger charge is 2.18. The van der Waals surface area contributed by atoms with Gasteiger partial charge in [-0.25, -0.2) is 0 Å². The summed E-state index contributed by atoms with van der Waals surface area (Å²) in [7, 11) is 0. The molecule has 0 aliphatic heterocycles. The fraction of sp³-hybridized carbons (Fsp3) is 0.562. The van der Waals surface area contributed by atoms with Crippen LogP contribution in [-0.4, -0.2) is 22.8 Å². The van der Waals surface area contributed by atoms with Crippen molar-refractivity contribution in [3.05, 3.63) is 34.9 Å². The summed E-state index contributed by atoms with van der Waals surface area (Å²) in [5.74, 6) is -1.09. The number of aliphatic carboxylic acids is 1. The molecule has 0 aromatic heterocycles. The first-order chi connectivity index (χ1) is 9.08. The van der Waals surface area contributed by atoms with Gasteiger partial charge in [-0.15, -0.1) is 0 Å². The Morgan fingerprint density at radius 2 is 2.05 bits per heavy atom. The number of aliphatic hydroxyl groups is 1. The van der Waals surface area contributed by atoms with Gasteiger partial charge in [0.25, 0.3) is 0 Å². The Kier molecular flexibility index (Phi) is 6.57. The van der Waals surface area contributed by atoms with Crippen molar-refractivity contribution < 1.29 is 15.0 Å². The van der Waals surface area contributed by atoms with Crippen LogP contribution >= 0.6 is 0 Å². The zero-order valence-corrected chi connectivity index (χ0v) is 11.9. The van der Waals surface area contributed by atoms with Crippen LogP contribution in [0.1, 0.15) is 42.9 Å². The molecule has 1 unspecified atom stereocenters. The summed E-state index contributed by atoms with van der Waals surface area (Å²) in [4.78, 5) is 11.3. The van der Waals surface area contributed by atoms with E-state index in [4.69, 9.17) is 5.11 Å². The predicted molar refractivity (Wildman–Crippen MR) is 76.3 cm³/mol. The lowest BCUT2D eigenvalue weighted by Crippen LogP contribution is -2.17. The molecule has 0 saturated heterocycles. The van der Waals surface area contributed by atoms with Crippen molar-refractivity contribution in [3.63, 3.8) is 0 Å². The number of rotatable bonds is 8. The number of unbranched alkanes of at least 4 members (excludes halogenated alkanes) is 1. The van der Waals surface area contributed by atoms with Crippen molar-refractivity contribution in [1.82, 2.24) is 0 Å². The zero-order chi connectivity index (χ0) is 14.3. The Hall–Kier alpha value is -1.35. The van der Waals surface area contributed by atoms with Crippen molar-refractivity contribution in [2.45, 2.75) is 46.0 Å². The molecule has 1 atom stereocenters. The molecule has 19 heavy (non-hydrogen) atoms. The molecule has 0 radical (unpaired) electrons. The van der Waals surface area contributed by atoms with E-state index in [1.807, 2.05) is 6.92 Å². The minimum absolute atomic E-state index is 0.135. The Balaban J connectivity index is 2.70. The van der Waals surface area contributed by atoms with E-state index in [1.165, 1.54) is 11.1 Å². The summed E-state index contributed by atoms with van der Waals surface area (Å²) < 4.78 is 0. The molecular formula is C16H24O3. The predicted octanol–water partition coefficient (Wildman–Crippen LogP) is 2.96. The van der Waals surface area contributed by atoms with Crippen LogP contribution < -0.4 is 0 Å². The summed E-state index contributed by atoms with van der Waals surface area (Å²) >= 11 is 0. The van der Waals surface area contributed by atoms with Crippen LogP contribution in [0.5, 0.6) is 0 Å². The summed E-state index contributed by atoms with van der Waals surface area (Å²) in [6.45, 7) is 4.29. The van der Waals surface area contributed by atoms with E-state index in [0.717, 1.165) is 18.4 Å². The molecule has 0 fully saturated rings. The van der Waals surface area contributed by atoms with Gasteiger partial charge in [0.2, 0.25) is 0 Å². The van der Waals surface area contributed by atoms with E-state index in [0.29, 0.717) is 19.3 Å². The second-order valence-electron chi connectivity index (χ2n) is 5.07. The molecule has 1 aromatic carbocycles. The standard InChI is InChI=1S/C16H24O3/c1-3-13-7-8-14(12(2)10-13)11-15(16(18)19)6-4-5-9-17/h7-8,10,15,17H,3-6,9,11H2,1-2H3,(H,18,19). The summed E-state index contributed by atoms with van der Waals surface area (Å²) in [6.07, 6.45) is 3.65. The molecule has 2 N–H and O–H groups in total. The van der Waals surface area contributed by atoms with E-state index in [1.54, 1.807) is 0 Å². The van der Waals surface area contributed by atoms with Crippen LogP contribution in [0.2, 0.25) is 0 Å². The number of carbonyl (C=O) groups is 1. The van der Waals surface area contributed by atoms with Crippen LogP contribution in [0.4, 0.5) is 0 Å². The molecule has 0 spiro atoms. The van der Waals surface area contributed by atoms with Crippen LogP contribution in [0.3, 0.4) is 0 Å². The maximum Gasteiger partial charge on any atom is 0.306 e. The normalized spacial score (nSPS) is 12.4. The van der Waals surface area contributed by atoms with E-state index in [2.05, 4.69) is 25.1 Å². The zero-order valence-electron chi connectivity index (χ0n) is 11.9. The summed E-state index contributed by atoms with van der Waals surface area (Å²) in [5, 5.41) is 18.0. The fourth-order valence-electron chi connectivity index (χ4n) is 2.29. The van der Waals surface area contributed by atoms with E-state index in [-0.39, 0.29) is 12.5 Å². The first-order valence-electron chi connectivity index (χ1n) is 7.00. The van der Waals surface area contributed by atoms with Crippen molar-refractivity contribution in [1.29, 1.82) is 0 Å². The average molecular weight is 264 g/mol. The Morgan fingerprint density at radius 3 is 2.58 bits per heavy atom. The van der Waals surface area contributed by atoms with E-state index >= 15 is 0 Å². The average Bonchev–Trinajstić information content (AvgIpc) is 2.39. The molecule has 0 aliphatic carbocycles. The molecule has 0 saturated carbocycles. The number of benzene rings is 1. The minimum Gasteiger partial charge on any atom is -0.481 e. The second-order valence-corrected chi connectivity index (χ2v) is 5.07. The molecule has 3 nitrogen and oxygen atoms in total. The number of aliphatic hydroxyl groups excluding tert-OH is 1. The van der Waals surface area contributed by atoms with Gasteiger partial charge in [0.1, 0.15) is 0 Å². The Bertz CT molecular complexity index is 412. The number of hydrogen-bond acceptors (Lipinski definition) is 2. The first kappa shape index (κ1) is 15.7. The molecule has 1 aromatic rings. The van der Waals surface area contributed by atoms with Crippen LogP contribution in [0, 0.1) is 12.8 Å². The van der Waals surface area contributed by atoms with Crippen molar-refractivity contribution in [2.24, 2.45) is 5.92 Å². The third-order valence-electron chi connectivity index (χ3n) is 3.59. The third kappa shape index (κ3) is 5.03. The van der Waals surface area contributed by atoms with Gasteiger partial charge in [-0.3, -0.25) is 4.79 Å². The van der Waals surface area contributed by atoms with Crippen LogP contribution in [0.25, 0.3) is 0 Å². The Labute approximate surface area is 115 Å². The maximum absolute atomic E-state index is 11.3. The third-order valence-corrected chi connectivity index (χ3v) is 3.59. The molecule has 0 bridgehead atoms. The topological polar surface area (TPSA) is 57.5 Å². The second kappa shape index (κ2) is 7.95. The molecule has 0 aliphatic rings. The first-order valence-corrected chi connectivity index (χ1v) is 7.00. The van der Waals surface area contributed by atoms with Crippen LogP contribution in [-0.2, 0) is 17.6 Å². The van der Waals surface area contributed by atoms with Crippen molar-refractivity contribution >= 4 is 5.97 Å². The SMILES string of the molecule is CCc1ccc(CC(CCCCO)C(=O)O)c(C)c1. The molecule has 0 heterocycles. The van der Waals surface area contributed by atoms with E-state index in [9.17, 15) is 9.90 Å². The van der Waals surface area contributed by atoms with Gasteiger partial charge in [-0.1, -0.05) is 31.5 Å². The van der Waals surface area contributed by atoms with Gasteiger partial charge in [0.05, 0.1) is 5.92 Å². The summed E-state index contributed by atoms with van der Waals surface area (Å²) in [5.41, 5.74) is 3.58. The Morgan fingerprint density at radius 1 is 1.32 bits per heavy atom. The van der Waals surface area contributed by atoms with Gasteiger partial charge in [-0.05, 0) is 49.3 Å². The largest absolute Gasteiger partial charge is 0.481 e. The van der Waals surface area contributed by atoms with Crippen molar-refractivity contribution in [3.8, 4) is 0 Å². The number of carboxylic acids is 1. The number of aryl methyl sites for hydroxylation is 2. The highest BCUT2D eigenvalue weighted by molar-refractivity contribution is 5.70. The fourth-order valence-corrected chi connectivity index (χ4v) is 2.29. The minimum atomic E-state index is -0.739. The number of hydrogen-bond donors (Lipinski definition) is 2. The monoisotopic (exact) mass is 264 g/mol. The highest BCUT2D eigenvalue weighted by Crippen LogP contribution is 2.19. The van der Waals surface area contributed by atoms with Gasteiger partial charge >= 0.3 is 5.97 Å². The van der Waals surface area contributed by atoms with Crippen molar-refractivity contribution in [2.75, 3.05) is 6.61 Å². The number of carboxylic acid groups (broad SMARTS) is 1. The smallest absolute Gasteiger partial charge is 0.306 e. The molecule has 3 heteroatoms. The lowest BCUT2D eigenvalue weighted by atomic mass is 9.91. The lowest BCUT2D eigenvalue weighted by Gasteiger charge is -2.14. The molecule has 1 rings (SSSR count). The van der Waals surface area contributed by atoms with Gasteiger partial charge in [-0.2, -0.15) is 0 Å². The van der Waals surface area contributed by atoms with E-state index < -0.39 is 5.97 Å². The van der Waals surface area contributed by atoms with Crippen LogP contribution in [0.15, 0.2) is 18.2 Å². The molecular weight excluding hydrogens is 240 g/mol. The lowest BCUT2D eigenvalue weighted by molar-refractivity contribution is -0.142. The summed E-state index contributed by atoms with van der Waals surface area (Å²) in [6, 6.07) is 6.27. The highest BCUT2D eigenvalue weighted by atomic mass is 16.4. The maximum atomic E-state index is 11.3. The van der Waals surface area contributed by atoms with Gasteiger partial charge in [0.15, 0.2) is 0 Å². The molecule has 0 amide bonds. The quantitative estimate of drug-likeness (QED) is 0.710. The molecule has 106 valence electrons. The van der Waals surface area contributed by atoms with Gasteiger partial charge < -0.3 is 10.2 Å². The van der Waals surface area contributed by atoms with Gasteiger partial charge in [0, 0.05) is 6.61 Å².